The Labute approximate surface area is 178 Å². The number of benzene rings is 2. The number of aryl methyl sites for hydroxylation is 2. The van der Waals surface area contributed by atoms with Crippen LogP contribution < -0.4 is 14.9 Å². The third-order valence-corrected chi connectivity index (χ3v) is 5.19. The number of hydrazone groups is 1. The zero-order valence-corrected chi connectivity index (χ0v) is 17.9. The van der Waals surface area contributed by atoms with E-state index < -0.39 is 4.92 Å². The van der Waals surface area contributed by atoms with Crippen LogP contribution in [0.25, 0.3) is 11.3 Å². The van der Waals surface area contributed by atoms with E-state index in [0.29, 0.717) is 17.3 Å². The Balaban J connectivity index is 1.78. The highest BCUT2D eigenvalue weighted by Crippen LogP contribution is 2.38. The second-order valence-electron chi connectivity index (χ2n) is 6.47. The van der Waals surface area contributed by atoms with Crippen molar-refractivity contribution in [3.05, 3.63) is 62.5 Å². The van der Waals surface area contributed by atoms with Crippen LogP contribution in [0.4, 0.5) is 10.8 Å². The van der Waals surface area contributed by atoms with E-state index in [1.54, 1.807) is 13.0 Å². The number of nitro benzene ring substituents is 1. The molecular formula is C21H22N4O4S. The first kappa shape index (κ1) is 21.3. The van der Waals surface area contributed by atoms with Crippen LogP contribution in [-0.2, 0) is 0 Å². The van der Waals surface area contributed by atoms with Crippen molar-refractivity contribution in [2.45, 2.75) is 20.8 Å². The highest BCUT2D eigenvalue weighted by molar-refractivity contribution is 7.14. The topological polar surface area (TPSA) is 98.9 Å². The molecule has 0 bridgehead atoms. The molecule has 0 radical (unpaired) electrons. The van der Waals surface area contributed by atoms with Crippen molar-refractivity contribution in [3.8, 4) is 22.8 Å². The molecule has 3 aromatic rings. The quantitative estimate of drug-likeness (QED) is 0.302. The standard InChI is InChI=1S/C21H22N4O4S/c1-5-29-20-18(25(26)27)9-15(10-19(20)28-4)11-22-24-21-23-17(12-30-21)16-7-6-13(2)14(3)8-16/h6-12H,5H2,1-4H3,(H,23,24)/b22-11-. The third kappa shape index (κ3) is 4.74. The third-order valence-electron chi connectivity index (χ3n) is 4.44. The molecule has 0 aliphatic carbocycles. The van der Waals surface area contributed by atoms with Gasteiger partial charge in [0.25, 0.3) is 0 Å². The van der Waals surface area contributed by atoms with Gasteiger partial charge in [0.1, 0.15) is 0 Å². The number of rotatable bonds is 8. The molecule has 9 heteroatoms. The first-order chi connectivity index (χ1) is 14.4. The van der Waals surface area contributed by atoms with Gasteiger partial charge in [0.15, 0.2) is 5.75 Å². The van der Waals surface area contributed by atoms with Crippen molar-refractivity contribution < 1.29 is 14.4 Å². The smallest absolute Gasteiger partial charge is 0.315 e. The first-order valence-corrected chi connectivity index (χ1v) is 10.1. The van der Waals surface area contributed by atoms with Crippen LogP contribution in [0.15, 0.2) is 40.8 Å². The summed E-state index contributed by atoms with van der Waals surface area (Å²) in [6.45, 7) is 6.18. The molecule has 0 saturated heterocycles. The Morgan fingerprint density at radius 3 is 2.73 bits per heavy atom. The Morgan fingerprint density at radius 1 is 1.27 bits per heavy atom. The number of nitrogens with zero attached hydrogens (tertiary/aromatic N) is 3. The minimum Gasteiger partial charge on any atom is -0.493 e. The van der Waals surface area contributed by atoms with Gasteiger partial charge in [-0.3, -0.25) is 15.5 Å². The summed E-state index contributed by atoms with van der Waals surface area (Å²) in [6, 6.07) is 9.23. The van der Waals surface area contributed by atoms with Crippen LogP contribution in [0.5, 0.6) is 11.5 Å². The highest BCUT2D eigenvalue weighted by atomic mass is 32.1. The van der Waals surface area contributed by atoms with Crippen LogP contribution in [-0.4, -0.2) is 29.8 Å². The molecule has 0 unspecified atom stereocenters. The van der Waals surface area contributed by atoms with Crippen LogP contribution in [0.3, 0.4) is 0 Å². The summed E-state index contributed by atoms with van der Waals surface area (Å²) in [5, 5.41) is 18.1. The Hall–Kier alpha value is -3.46. The van der Waals surface area contributed by atoms with Crippen molar-refractivity contribution in [2.24, 2.45) is 5.10 Å². The minimum absolute atomic E-state index is 0.105. The lowest BCUT2D eigenvalue weighted by molar-refractivity contribution is -0.385. The minimum atomic E-state index is -0.505. The lowest BCUT2D eigenvalue weighted by Crippen LogP contribution is -2.02. The van der Waals surface area contributed by atoms with E-state index in [-0.39, 0.29) is 17.2 Å². The molecule has 3 rings (SSSR count). The van der Waals surface area contributed by atoms with Gasteiger partial charge in [0, 0.05) is 22.6 Å². The van der Waals surface area contributed by atoms with Crippen molar-refractivity contribution in [1.29, 1.82) is 0 Å². The predicted molar refractivity (Wildman–Crippen MR) is 119 cm³/mol. The molecule has 0 amide bonds. The summed E-state index contributed by atoms with van der Waals surface area (Å²) >= 11 is 1.43. The number of nitrogens with one attached hydrogen (secondary N) is 1. The van der Waals surface area contributed by atoms with Gasteiger partial charge in [-0.1, -0.05) is 12.1 Å². The first-order valence-electron chi connectivity index (χ1n) is 9.24. The number of aromatic nitrogens is 1. The van der Waals surface area contributed by atoms with E-state index in [9.17, 15) is 10.1 Å². The van der Waals surface area contributed by atoms with Gasteiger partial charge in [-0.15, -0.1) is 11.3 Å². The van der Waals surface area contributed by atoms with E-state index >= 15 is 0 Å². The molecular weight excluding hydrogens is 404 g/mol. The maximum Gasteiger partial charge on any atom is 0.315 e. The fourth-order valence-electron chi connectivity index (χ4n) is 2.78. The van der Waals surface area contributed by atoms with Crippen LogP contribution >= 0.6 is 11.3 Å². The summed E-state index contributed by atoms with van der Waals surface area (Å²) in [6.07, 6.45) is 1.47. The Kier molecular flexibility index (Phi) is 6.63. The number of ether oxygens (including phenoxy) is 2. The number of hydrogen-bond acceptors (Lipinski definition) is 8. The van der Waals surface area contributed by atoms with Crippen molar-refractivity contribution in [2.75, 3.05) is 19.1 Å². The second kappa shape index (κ2) is 9.36. The zero-order valence-electron chi connectivity index (χ0n) is 17.1. The maximum absolute atomic E-state index is 11.4. The fourth-order valence-corrected chi connectivity index (χ4v) is 3.45. The molecule has 30 heavy (non-hydrogen) atoms. The average Bonchev–Trinajstić information content (AvgIpc) is 3.19. The Morgan fingerprint density at radius 2 is 2.07 bits per heavy atom. The largest absolute Gasteiger partial charge is 0.493 e. The van der Waals surface area contributed by atoms with Gasteiger partial charge in [-0.25, -0.2) is 4.98 Å². The summed E-state index contributed by atoms with van der Waals surface area (Å²) in [7, 11) is 1.44. The van der Waals surface area contributed by atoms with E-state index in [0.717, 1.165) is 11.3 Å². The highest BCUT2D eigenvalue weighted by Gasteiger charge is 2.21. The van der Waals surface area contributed by atoms with Crippen LogP contribution in [0.1, 0.15) is 23.6 Å². The lowest BCUT2D eigenvalue weighted by atomic mass is 10.1. The molecule has 156 valence electrons. The summed E-state index contributed by atoms with van der Waals surface area (Å²) in [5.41, 5.74) is 7.53. The molecule has 1 aromatic heterocycles. The number of nitro groups is 1. The fraction of sp³-hybridized carbons (Fsp3) is 0.238. The van der Waals surface area contributed by atoms with Gasteiger partial charge < -0.3 is 9.47 Å². The summed E-state index contributed by atoms with van der Waals surface area (Å²) in [5.74, 6) is 0.381. The van der Waals surface area contributed by atoms with Crippen molar-refractivity contribution >= 4 is 28.4 Å². The molecule has 1 heterocycles. The van der Waals surface area contributed by atoms with E-state index in [4.69, 9.17) is 9.47 Å². The van der Waals surface area contributed by atoms with Gasteiger partial charge in [-0.2, -0.15) is 5.10 Å². The molecule has 0 aliphatic heterocycles. The summed E-state index contributed by atoms with van der Waals surface area (Å²) in [4.78, 5) is 15.4. The number of thiazole rings is 1. The number of hydrogen-bond donors (Lipinski definition) is 1. The van der Waals surface area contributed by atoms with Gasteiger partial charge >= 0.3 is 5.69 Å². The second-order valence-corrected chi connectivity index (χ2v) is 7.33. The molecule has 1 N–H and O–H groups in total. The maximum atomic E-state index is 11.4. The lowest BCUT2D eigenvalue weighted by Gasteiger charge is -2.10. The number of methoxy groups -OCH3 is 1. The van der Waals surface area contributed by atoms with Crippen molar-refractivity contribution in [3.63, 3.8) is 0 Å². The number of anilines is 1. The molecule has 0 fully saturated rings. The van der Waals surface area contributed by atoms with Gasteiger partial charge in [0.05, 0.1) is 30.5 Å². The molecule has 0 spiro atoms. The zero-order chi connectivity index (χ0) is 21.7. The van der Waals surface area contributed by atoms with E-state index in [2.05, 4.69) is 41.5 Å². The molecule has 0 aliphatic rings. The van der Waals surface area contributed by atoms with Crippen LogP contribution in [0, 0.1) is 24.0 Å². The van der Waals surface area contributed by atoms with E-state index in [1.807, 2.05) is 11.4 Å². The molecule has 0 saturated carbocycles. The summed E-state index contributed by atoms with van der Waals surface area (Å²) < 4.78 is 10.6. The predicted octanol–water partition coefficient (Wildman–Crippen LogP) is 5.19. The van der Waals surface area contributed by atoms with Gasteiger partial charge in [-0.05, 0) is 44.0 Å². The van der Waals surface area contributed by atoms with Crippen molar-refractivity contribution in [1.82, 2.24) is 4.98 Å². The monoisotopic (exact) mass is 426 g/mol. The SMILES string of the molecule is CCOc1c(OC)cc(/C=N\Nc2nc(-c3ccc(C)c(C)c3)cs2)cc1[N+](=O)[O-]. The van der Waals surface area contributed by atoms with Gasteiger partial charge in [0.2, 0.25) is 10.9 Å². The molecule has 0 atom stereocenters. The van der Waals surface area contributed by atoms with Crippen LogP contribution in [0.2, 0.25) is 0 Å². The average molecular weight is 426 g/mol. The molecule has 2 aromatic carbocycles. The Bertz CT molecular complexity index is 1090. The normalized spacial score (nSPS) is 10.9. The van der Waals surface area contributed by atoms with E-state index in [1.165, 1.54) is 41.9 Å². The molecule has 8 nitrogen and oxygen atoms in total.